The van der Waals surface area contributed by atoms with Gasteiger partial charge in [-0.15, -0.1) is 0 Å². The Morgan fingerprint density at radius 3 is 2.43 bits per heavy atom. The van der Waals surface area contributed by atoms with Gasteiger partial charge in [0.15, 0.2) is 0 Å². The summed E-state index contributed by atoms with van der Waals surface area (Å²) >= 11 is 0. The number of benzene rings is 2. The lowest BCUT2D eigenvalue weighted by Crippen LogP contribution is -2.40. The van der Waals surface area contributed by atoms with Crippen molar-refractivity contribution in [3.8, 4) is 11.1 Å². The number of carboxylic acids is 1. The maximum absolute atomic E-state index is 12.6. The van der Waals surface area contributed by atoms with Gasteiger partial charge in [-0.3, -0.25) is 4.79 Å². The number of carbonyl (C=O) groups is 1. The van der Waals surface area contributed by atoms with Crippen LogP contribution in [0.5, 0.6) is 0 Å². The van der Waals surface area contributed by atoms with Crippen LogP contribution in [0.2, 0.25) is 0 Å². The molecule has 0 fully saturated rings. The lowest BCUT2D eigenvalue weighted by atomic mass is 9.76. The summed E-state index contributed by atoms with van der Waals surface area (Å²) in [5, 5.41) is 10.3. The molecule has 1 aliphatic rings. The zero-order valence-corrected chi connectivity index (χ0v) is 17.3. The second kappa shape index (κ2) is 8.91. The molecule has 0 bridgehead atoms. The molecule has 1 unspecified atom stereocenters. The minimum atomic E-state index is -1.12. The average molecular weight is 381 g/mol. The maximum Gasteiger partial charge on any atom is 0.321 e. The molecule has 1 atom stereocenters. The molecule has 0 saturated carbocycles. The van der Waals surface area contributed by atoms with Crippen molar-refractivity contribution in [1.29, 1.82) is 0 Å². The molecule has 0 aromatic heterocycles. The Morgan fingerprint density at radius 1 is 1.00 bits per heavy atom. The van der Waals surface area contributed by atoms with E-state index in [1.807, 2.05) is 24.3 Å². The molecule has 3 nitrogen and oxygen atoms in total. The van der Waals surface area contributed by atoms with Gasteiger partial charge in [-0.1, -0.05) is 82.0 Å². The van der Waals surface area contributed by atoms with E-state index in [0.29, 0.717) is 0 Å². The molecule has 150 valence electrons. The molecule has 3 rings (SSSR count). The monoisotopic (exact) mass is 380 g/mol. The molecule has 1 aliphatic carbocycles. The molecule has 0 aliphatic heterocycles. The summed E-state index contributed by atoms with van der Waals surface area (Å²) in [4.78, 5) is 12.6. The fraction of sp³-hybridized carbons (Fsp3) is 0.480. The van der Waals surface area contributed by atoms with E-state index in [1.165, 1.54) is 25.7 Å². The van der Waals surface area contributed by atoms with Crippen molar-refractivity contribution < 1.29 is 14.6 Å². The van der Waals surface area contributed by atoms with Gasteiger partial charge in [0.1, 0.15) is 5.41 Å². The van der Waals surface area contributed by atoms with Crippen LogP contribution in [0.25, 0.3) is 11.1 Å². The topological polar surface area (TPSA) is 46.5 Å². The Balaban J connectivity index is 1.90. The standard InChI is InChI=1S/C25H32O3/c1-18(2)11-6-4-5-7-12-19-13-10-15-21-20-14-8-9-16-22(20)25(17-28-3,23(19)21)24(26)27/h8-10,13-16,18H,4-7,11-12,17H2,1-3H3,(H,26,27). The van der Waals surface area contributed by atoms with Crippen LogP contribution in [0.4, 0.5) is 0 Å². The second-order valence-corrected chi connectivity index (χ2v) is 8.38. The summed E-state index contributed by atoms with van der Waals surface area (Å²) < 4.78 is 5.46. The smallest absolute Gasteiger partial charge is 0.321 e. The normalized spacial score (nSPS) is 17.6. The van der Waals surface area contributed by atoms with Crippen LogP contribution in [0, 0.1) is 5.92 Å². The number of unbranched alkanes of at least 4 members (excludes halogenated alkanes) is 3. The Kier molecular flexibility index (Phi) is 6.56. The summed E-state index contributed by atoms with van der Waals surface area (Å²) in [6.07, 6.45) is 7.00. The van der Waals surface area contributed by atoms with Crippen molar-refractivity contribution in [2.45, 2.75) is 57.8 Å². The maximum atomic E-state index is 12.6. The number of hydrogen-bond acceptors (Lipinski definition) is 2. The number of rotatable bonds is 10. The van der Waals surface area contributed by atoms with Crippen molar-refractivity contribution in [3.63, 3.8) is 0 Å². The molecule has 2 aromatic carbocycles. The quantitative estimate of drug-likeness (QED) is 0.527. The van der Waals surface area contributed by atoms with Crippen molar-refractivity contribution in [2.24, 2.45) is 5.92 Å². The number of hydrogen-bond donors (Lipinski definition) is 1. The zero-order valence-electron chi connectivity index (χ0n) is 17.3. The Hall–Kier alpha value is -2.13. The van der Waals surface area contributed by atoms with Gasteiger partial charge in [0, 0.05) is 7.11 Å². The van der Waals surface area contributed by atoms with E-state index in [2.05, 4.69) is 32.0 Å². The first-order valence-corrected chi connectivity index (χ1v) is 10.5. The van der Waals surface area contributed by atoms with Crippen molar-refractivity contribution in [3.05, 3.63) is 59.2 Å². The fourth-order valence-corrected chi connectivity index (χ4v) is 4.63. The molecule has 2 aromatic rings. The van der Waals surface area contributed by atoms with Gasteiger partial charge in [0.2, 0.25) is 0 Å². The highest BCUT2D eigenvalue weighted by Gasteiger charge is 2.50. The van der Waals surface area contributed by atoms with E-state index >= 15 is 0 Å². The largest absolute Gasteiger partial charge is 0.480 e. The highest BCUT2D eigenvalue weighted by atomic mass is 16.5. The number of aryl methyl sites for hydroxylation is 1. The van der Waals surface area contributed by atoms with Crippen LogP contribution in [0.3, 0.4) is 0 Å². The van der Waals surface area contributed by atoms with Gasteiger partial charge in [0.25, 0.3) is 0 Å². The highest BCUT2D eigenvalue weighted by molar-refractivity contribution is 5.98. The summed E-state index contributed by atoms with van der Waals surface area (Å²) in [6, 6.07) is 14.1. The number of ether oxygens (including phenoxy) is 1. The molecular formula is C25H32O3. The van der Waals surface area contributed by atoms with E-state index in [4.69, 9.17) is 4.74 Å². The third kappa shape index (κ3) is 3.73. The van der Waals surface area contributed by atoms with Crippen LogP contribution >= 0.6 is 0 Å². The summed E-state index contributed by atoms with van der Waals surface area (Å²) in [6.45, 7) is 4.69. The predicted octanol–water partition coefficient (Wildman–Crippen LogP) is 5.83. The summed E-state index contributed by atoms with van der Waals surface area (Å²) in [7, 11) is 1.59. The molecule has 3 heteroatoms. The van der Waals surface area contributed by atoms with Gasteiger partial charge in [-0.2, -0.15) is 0 Å². The zero-order chi connectivity index (χ0) is 20.1. The number of carboxylic acid groups (broad SMARTS) is 1. The van der Waals surface area contributed by atoms with Crippen molar-refractivity contribution in [2.75, 3.05) is 13.7 Å². The van der Waals surface area contributed by atoms with Crippen molar-refractivity contribution in [1.82, 2.24) is 0 Å². The van der Waals surface area contributed by atoms with Crippen LogP contribution in [0.1, 0.15) is 62.6 Å². The predicted molar refractivity (Wildman–Crippen MR) is 114 cm³/mol. The van der Waals surface area contributed by atoms with E-state index in [1.54, 1.807) is 7.11 Å². The Labute approximate surface area is 168 Å². The second-order valence-electron chi connectivity index (χ2n) is 8.38. The molecule has 28 heavy (non-hydrogen) atoms. The number of fused-ring (bicyclic) bond motifs is 3. The number of methoxy groups -OCH3 is 1. The van der Waals surface area contributed by atoms with E-state index in [-0.39, 0.29) is 6.61 Å². The first-order valence-electron chi connectivity index (χ1n) is 10.5. The van der Waals surface area contributed by atoms with Crippen LogP contribution in [-0.4, -0.2) is 24.8 Å². The SMILES string of the molecule is COCC1(C(=O)O)c2ccccc2-c2cccc(CCCCCCC(C)C)c21. The van der Waals surface area contributed by atoms with E-state index < -0.39 is 11.4 Å². The third-order valence-electron chi connectivity index (χ3n) is 5.96. The molecule has 0 heterocycles. The van der Waals surface area contributed by atoms with Crippen molar-refractivity contribution >= 4 is 5.97 Å². The Morgan fingerprint density at radius 2 is 1.71 bits per heavy atom. The minimum Gasteiger partial charge on any atom is -0.480 e. The van der Waals surface area contributed by atoms with Gasteiger partial charge in [-0.25, -0.2) is 0 Å². The van der Waals surface area contributed by atoms with E-state index in [9.17, 15) is 9.90 Å². The third-order valence-corrected chi connectivity index (χ3v) is 5.96. The van der Waals surface area contributed by atoms with Gasteiger partial charge in [-0.05, 0) is 46.6 Å². The minimum absolute atomic E-state index is 0.151. The average Bonchev–Trinajstić information content (AvgIpc) is 2.97. The lowest BCUT2D eigenvalue weighted by molar-refractivity contribution is -0.143. The summed E-state index contributed by atoms with van der Waals surface area (Å²) in [5.74, 6) is -0.0638. The summed E-state index contributed by atoms with van der Waals surface area (Å²) in [5.41, 5.74) is 3.89. The van der Waals surface area contributed by atoms with E-state index in [0.717, 1.165) is 46.6 Å². The van der Waals surface area contributed by atoms with Gasteiger partial charge < -0.3 is 9.84 Å². The molecule has 1 N–H and O–H groups in total. The van der Waals surface area contributed by atoms with Crippen LogP contribution in [0.15, 0.2) is 42.5 Å². The Bertz CT molecular complexity index is 824. The fourth-order valence-electron chi connectivity index (χ4n) is 4.63. The molecular weight excluding hydrogens is 348 g/mol. The lowest BCUT2D eigenvalue weighted by Gasteiger charge is -2.28. The highest BCUT2D eigenvalue weighted by Crippen LogP contribution is 2.51. The molecule has 0 radical (unpaired) electrons. The molecule has 0 saturated heterocycles. The van der Waals surface area contributed by atoms with Gasteiger partial charge >= 0.3 is 5.97 Å². The number of aliphatic carboxylic acids is 1. The van der Waals surface area contributed by atoms with Gasteiger partial charge in [0.05, 0.1) is 6.61 Å². The van der Waals surface area contributed by atoms with Crippen LogP contribution in [-0.2, 0) is 21.4 Å². The van der Waals surface area contributed by atoms with Crippen LogP contribution < -0.4 is 0 Å². The first-order chi connectivity index (χ1) is 13.5. The molecule has 0 amide bonds. The molecule has 0 spiro atoms. The first kappa shape index (κ1) is 20.6.